The number of aromatic nitrogens is 1. The summed E-state index contributed by atoms with van der Waals surface area (Å²) < 4.78 is 5.40. The van der Waals surface area contributed by atoms with Gasteiger partial charge in [-0.05, 0) is 17.7 Å². The minimum Gasteiger partial charge on any atom is -0.378 e. The van der Waals surface area contributed by atoms with Gasteiger partial charge in [-0.3, -0.25) is 4.90 Å². The molecule has 1 aromatic heterocycles. The van der Waals surface area contributed by atoms with Gasteiger partial charge in [0.15, 0.2) is 0 Å². The molecule has 2 amide bonds. The van der Waals surface area contributed by atoms with Gasteiger partial charge >= 0.3 is 6.03 Å². The molecule has 154 valence electrons. The quantitative estimate of drug-likeness (QED) is 0.839. The normalized spacial score (nSPS) is 17.9. The molecule has 2 aromatic rings. The Labute approximate surface area is 172 Å². The van der Waals surface area contributed by atoms with E-state index in [4.69, 9.17) is 9.72 Å². The first kappa shape index (κ1) is 19.7. The molecule has 3 heterocycles. The Bertz CT molecular complexity index is 787. The molecule has 0 radical (unpaired) electrons. The number of benzene rings is 1. The predicted molar refractivity (Wildman–Crippen MR) is 113 cm³/mol. The molecule has 1 N–H and O–H groups in total. The number of anilines is 1. The van der Waals surface area contributed by atoms with Crippen molar-refractivity contribution in [1.29, 1.82) is 0 Å². The van der Waals surface area contributed by atoms with Crippen LogP contribution in [0.1, 0.15) is 11.3 Å². The molecule has 0 spiro atoms. The lowest BCUT2D eigenvalue weighted by Gasteiger charge is -2.34. The summed E-state index contributed by atoms with van der Waals surface area (Å²) in [5.74, 6) is 0.953. The van der Waals surface area contributed by atoms with Gasteiger partial charge in [0, 0.05) is 45.8 Å². The van der Waals surface area contributed by atoms with E-state index in [1.807, 2.05) is 29.2 Å². The largest absolute Gasteiger partial charge is 0.378 e. The predicted octanol–water partition coefficient (Wildman–Crippen LogP) is 1.95. The fraction of sp³-hybridized carbons (Fsp3) is 0.455. The average molecular weight is 396 g/mol. The molecular formula is C22H29N5O2. The van der Waals surface area contributed by atoms with Gasteiger partial charge in [0.1, 0.15) is 5.82 Å². The Hall–Kier alpha value is -2.64. The van der Waals surface area contributed by atoms with Crippen LogP contribution in [-0.2, 0) is 17.8 Å². The lowest BCUT2D eigenvalue weighted by atomic mass is 10.2. The Kier molecular flexibility index (Phi) is 6.59. The smallest absolute Gasteiger partial charge is 0.317 e. The molecular weight excluding hydrogens is 366 g/mol. The van der Waals surface area contributed by atoms with Crippen molar-refractivity contribution in [3.8, 4) is 0 Å². The van der Waals surface area contributed by atoms with Crippen molar-refractivity contribution < 1.29 is 9.53 Å². The minimum atomic E-state index is -0.0112. The third-order valence-electron chi connectivity index (χ3n) is 5.46. The van der Waals surface area contributed by atoms with Crippen LogP contribution in [0.15, 0.2) is 48.5 Å². The molecule has 2 fully saturated rings. The molecule has 0 saturated carbocycles. The first-order valence-electron chi connectivity index (χ1n) is 10.4. The number of hydrogen-bond donors (Lipinski definition) is 1. The third kappa shape index (κ3) is 5.46. The summed E-state index contributed by atoms with van der Waals surface area (Å²) in [7, 11) is 0. The van der Waals surface area contributed by atoms with Crippen LogP contribution < -0.4 is 10.2 Å². The van der Waals surface area contributed by atoms with Crippen LogP contribution in [0.5, 0.6) is 0 Å². The van der Waals surface area contributed by atoms with Crippen molar-refractivity contribution in [1.82, 2.24) is 20.1 Å². The molecule has 4 rings (SSSR count). The Morgan fingerprint density at radius 1 is 0.931 bits per heavy atom. The van der Waals surface area contributed by atoms with Gasteiger partial charge in [-0.1, -0.05) is 36.4 Å². The summed E-state index contributed by atoms with van der Waals surface area (Å²) >= 11 is 0. The highest BCUT2D eigenvalue weighted by molar-refractivity contribution is 5.74. The van der Waals surface area contributed by atoms with Gasteiger partial charge in [-0.2, -0.15) is 0 Å². The molecule has 0 aliphatic carbocycles. The number of carbonyl (C=O) groups is 1. The first-order chi connectivity index (χ1) is 14.3. The number of morpholine rings is 1. The van der Waals surface area contributed by atoms with Crippen LogP contribution in [-0.4, -0.2) is 73.3 Å². The number of ether oxygens (including phenoxy) is 1. The number of piperazine rings is 1. The molecule has 2 aliphatic rings. The third-order valence-corrected chi connectivity index (χ3v) is 5.46. The van der Waals surface area contributed by atoms with E-state index in [-0.39, 0.29) is 6.03 Å². The van der Waals surface area contributed by atoms with E-state index in [0.717, 1.165) is 70.5 Å². The maximum absolute atomic E-state index is 12.6. The number of hydrogen-bond acceptors (Lipinski definition) is 5. The van der Waals surface area contributed by atoms with E-state index in [1.165, 1.54) is 5.56 Å². The lowest BCUT2D eigenvalue weighted by Crippen LogP contribution is -2.51. The summed E-state index contributed by atoms with van der Waals surface area (Å²) in [6.07, 6.45) is 0. The molecule has 1 aromatic carbocycles. The molecule has 29 heavy (non-hydrogen) atoms. The SMILES string of the molecule is O=C(NCc1cccc(N2CCOCC2)n1)N1CCN(Cc2ccccc2)CC1. The number of nitrogens with one attached hydrogen (secondary N) is 1. The molecule has 2 aliphatic heterocycles. The molecule has 7 nitrogen and oxygen atoms in total. The maximum atomic E-state index is 12.6. The second-order valence-electron chi connectivity index (χ2n) is 7.49. The van der Waals surface area contributed by atoms with Crippen LogP contribution in [0.25, 0.3) is 0 Å². The molecule has 2 saturated heterocycles. The lowest BCUT2D eigenvalue weighted by molar-refractivity contribution is 0.122. The number of carbonyl (C=O) groups excluding carboxylic acids is 1. The van der Waals surface area contributed by atoms with Gasteiger partial charge in [0.2, 0.25) is 0 Å². The molecule has 7 heteroatoms. The fourth-order valence-electron chi connectivity index (χ4n) is 3.76. The number of pyridine rings is 1. The zero-order valence-electron chi connectivity index (χ0n) is 16.8. The van der Waals surface area contributed by atoms with Gasteiger partial charge < -0.3 is 19.9 Å². The van der Waals surface area contributed by atoms with E-state index in [0.29, 0.717) is 6.54 Å². The number of rotatable bonds is 5. The monoisotopic (exact) mass is 395 g/mol. The Morgan fingerprint density at radius 3 is 2.45 bits per heavy atom. The molecule has 0 bridgehead atoms. The number of urea groups is 1. The van der Waals surface area contributed by atoms with E-state index >= 15 is 0 Å². The fourth-order valence-corrected chi connectivity index (χ4v) is 3.76. The van der Waals surface area contributed by atoms with Crippen molar-refractivity contribution in [2.45, 2.75) is 13.1 Å². The number of amides is 2. The highest BCUT2D eigenvalue weighted by atomic mass is 16.5. The highest BCUT2D eigenvalue weighted by Gasteiger charge is 2.21. The minimum absolute atomic E-state index is 0.0112. The average Bonchev–Trinajstić information content (AvgIpc) is 2.79. The van der Waals surface area contributed by atoms with Crippen molar-refractivity contribution in [2.75, 3.05) is 57.4 Å². The van der Waals surface area contributed by atoms with E-state index in [2.05, 4.69) is 39.4 Å². The van der Waals surface area contributed by atoms with Crippen molar-refractivity contribution in [3.05, 3.63) is 59.8 Å². The van der Waals surface area contributed by atoms with E-state index in [9.17, 15) is 4.79 Å². The summed E-state index contributed by atoms with van der Waals surface area (Å²) in [5.41, 5.74) is 2.20. The summed E-state index contributed by atoms with van der Waals surface area (Å²) in [5, 5.41) is 3.03. The van der Waals surface area contributed by atoms with Gasteiger partial charge in [0.05, 0.1) is 25.5 Å². The highest BCUT2D eigenvalue weighted by Crippen LogP contribution is 2.13. The second-order valence-corrected chi connectivity index (χ2v) is 7.49. The summed E-state index contributed by atoms with van der Waals surface area (Å²) in [4.78, 5) is 23.8. The van der Waals surface area contributed by atoms with Crippen LogP contribution >= 0.6 is 0 Å². The van der Waals surface area contributed by atoms with Crippen LogP contribution in [0, 0.1) is 0 Å². The summed E-state index contributed by atoms with van der Waals surface area (Å²) in [6.45, 7) is 7.86. The zero-order chi connectivity index (χ0) is 19.9. The first-order valence-corrected chi connectivity index (χ1v) is 10.4. The number of nitrogens with zero attached hydrogens (tertiary/aromatic N) is 4. The summed E-state index contributed by atoms with van der Waals surface area (Å²) in [6, 6.07) is 16.4. The Balaban J connectivity index is 1.23. The van der Waals surface area contributed by atoms with E-state index < -0.39 is 0 Å². The van der Waals surface area contributed by atoms with Gasteiger partial charge in [-0.15, -0.1) is 0 Å². The molecule has 0 atom stereocenters. The van der Waals surface area contributed by atoms with Crippen LogP contribution in [0.4, 0.5) is 10.6 Å². The maximum Gasteiger partial charge on any atom is 0.317 e. The topological polar surface area (TPSA) is 60.9 Å². The second kappa shape index (κ2) is 9.71. The van der Waals surface area contributed by atoms with E-state index in [1.54, 1.807) is 0 Å². The molecule has 0 unspecified atom stereocenters. The van der Waals surface area contributed by atoms with Gasteiger partial charge in [-0.25, -0.2) is 9.78 Å². The van der Waals surface area contributed by atoms with Crippen LogP contribution in [0.2, 0.25) is 0 Å². The van der Waals surface area contributed by atoms with Crippen molar-refractivity contribution in [2.24, 2.45) is 0 Å². The van der Waals surface area contributed by atoms with Crippen molar-refractivity contribution in [3.63, 3.8) is 0 Å². The Morgan fingerprint density at radius 2 is 1.69 bits per heavy atom. The standard InChI is InChI=1S/C22H29N5O2/c28-22(27-11-9-25(10-12-27)18-19-5-2-1-3-6-19)23-17-20-7-4-8-21(24-20)26-13-15-29-16-14-26/h1-8H,9-18H2,(H,23,28). The van der Waals surface area contributed by atoms with Gasteiger partial charge in [0.25, 0.3) is 0 Å². The zero-order valence-corrected chi connectivity index (χ0v) is 16.8. The van der Waals surface area contributed by atoms with Crippen molar-refractivity contribution >= 4 is 11.8 Å². The van der Waals surface area contributed by atoms with Crippen LogP contribution in [0.3, 0.4) is 0 Å².